The summed E-state index contributed by atoms with van der Waals surface area (Å²) in [6, 6.07) is 4.11. The number of carboxylic acid groups (broad SMARTS) is 1. The fourth-order valence-corrected chi connectivity index (χ4v) is 5.58. The molecule has 1 aliphatic rings. The Morgan fingerprint density at radius 3 is 2.54 bits per heavy atom. The second-order valence-corrected chi connectivity index (χ2v) is 10.5. The Bertz CT molecular complexity index is 732. The van der Waals surface area contributed by atoms with E-state index in [0.29, 0.717) is 24.4 Å². The molecule has 0 bridgehead atoms. The predicted molar refractivity (Wildman–Crippen MR) is 111 cm³/mol. The SMILES string of the molecule is CC(C)(C)[C@H]1CC[C@H](c2csc(N(CCC(=O)[O-])Cc3cccs3)n2)CC1.[Na+]. The van der Waals surface area contributed by atoms with Crippen LogP contribution >= 0.6 is 22.7 Å². The monoisotopic (exact) mass is 428 g/mol. The van der Waals surface area contributed by atoms with Gasteiger partial charge in [0.05, 0.1) is 12.2 Å². The summed E-state index contributed by atoms with van der Waals surface area (Å²) >= 11 is 3.33. The van der Waals surface area contributed by atoms with Crippen molar-refractivity contribution in [2.24, 2.45) is 11.3 Å². The molecule has 0 atom stereocenters. The van der Waals surface area contributed by atoms with Crippen LogP contribution in [-0.2, 0) is 11.3 Å². The number of nitrogens with zero attached hydrogens (tertiary/aromatic N) is 2. The number of anilines is 1. The molecule has 2 aromatic heterocycles. The first kappa shape index (κ1) is 23.9. The molecule has 4 nitrogen and oxygen atoms in total. The average molecular weight is 429 g/mol. The number of carbonyl (C=O) groups is 1. The largest absolute Gasteiger partial charge is 1.00 e. The molecule has 1 fully saturated rings. The van der Waals surface area contributed by atoms with E-state index < -0.39 is 5.97 Å². The second kappa shape index (κ2) is 10.6. The summed E-state index contributed by atoms with van der Waals surface area (Å²) in [5.74, 6) is 0.326. The van der Waals surface area contributed by atoms with Gasteiger partial charge in [-0.2, -0.15) is 0 Å². The molecule has 148 valence electrons. The van der Waals surface area contributed by atoms with Crippen LogP contribution in [0.15, 0.2) is 22.9 Å². The fourth-order valence-electron chi connectivity index (χ4n) is 3.92. The topological polar surface area (TPSA) is 56.3 Å². The number of aromatic nitrogens is 1. The number of hydrogen-bond acceptors (Lipinski definition) is 6. The van der Waals surface area contributed by atoms with Gasteiger partial charge >= 0.3 is 29.6 Å². The van der Waals surface area contributed by atoms with Gasteiger partial charge < -0.3 is 14.8 Å². The van der Waals surface area contributed by atoms with Gasteiger partial charge in [0, 0.05) is 35.1 Å². The van der Waals surface area contributed by atoms with Crippen LogP contribution < -0.4 is 39.6 Å². The molecule has 0 unspecified atom stereocenters. The van der Waals surface area contributed by atoms with E-state index in [1.54, 1.807) is 22.7 Å². The van der Waals surface area contributed by atoms with Crippen molar-refractivity contribution in [2.45, 2.75) is 65.3 Å². The second-order valence-electron chi connectivity index (χ2n) is 8.59. The molecule has 0 amide bonds. The van der Waals surface area contributed by atoms with E-state index in [-0.39, 0.29) is 36.0 Å². The molecule has 2 heterocycles. The maximum atomic E-state index is 10.9. The summed E-state index contributed by atoms with van der Waals surface area (Å²) in [5, 5.41) is 16.1. The molecular weight excluding hydrogens is 399 g/mol. The number of carbonyl (C=O) groups excluding carboxylic acids is 1. The number of aliphatic carboxylic acids is 1. The average Bonchev–Trinajstić information content (AvgIpc) is 3.29. The molecule has 3 rings (SSSR count). The summed E-state index contributed by atoms with van der Waals surface area (Å²) in [6.45, 7) is 8.18. The molecule has 1 saturated carbocycles. The molecule has 0 saturated heterocycles. The van der Waals surface area contributed by atoms with Crippen LogP contribution in [-0.4, -0.2) is 17.5 Å². The van der Waals surface area contributed by atoms with Gasteiger partial charge in [0.25, 0.3) is 0 Å². The third kappa shape index (κ3) is 6.56. The third-order valence-electron chi connectivity index (χ3n) is 5.66. The molecule has 0 aromatic carbocycles. The quantitative estimate of drug-likeness (QED) is 0.630. The van der Waals surface area contributed by atoms with Gasteiger partial charge in [0.15, 0.2) is 5.13 Å². The van der Waals surface area contributed by atoms with Crippen molar-refractivity contribution in [3.63, 3.8) is 0 Å². The van der Waals surface area contributed by atoms with Crippen molar-refractivity contribution in [2.75, 3.05) is 11.4 Å². The Hall–Kier alpha value is -0.400. The summed E-state index contributed by atoms with van der Waals surface area (Å²) in [6.07, 6.45) is 4.97. The maximum Gasteiger partial charge on any atom is 1.00 e. The molecule has 2 aromatic rings. The summed E-state index contributed by atoms with van der Waals surface area (Å²) in [7, 11) is 0. The van der Waals surface area contributed by atoms with Crippen LogP contribution in [0.3, 0.4) is 0 Å². The molecular formula is C21H29N2NaO2S2. The molecule has 0 spiro atoms. The Kier molecular flexibility index (Phi) is 9.02. The zero-order chi connectivity index (χ0) is 19.4. The Morgan fingerprint density at radius 2 is 1.96 bits per heavy atom. The zero-order valence-corrected chi connectivity index (χ0v) is 21.1. The van der Waals surface area contributed by atoms with Gasteiger partial charge in [-0.25, -0.2) is 4.98 Å². The predicted octanol–water partition coefficient (Wildman–Crippen LogP) is 1.68. The Labute approximate surface area is 198 Å². The number of rotatable bonds is 7. The van der Waals surface area contributed by atoms with Gasteiger partial charge in [-0.15, -0.1) is 22.7 Å². The van der Waals surface area contributed by atoms with E-state index in [9.17, 15) is 9.90 Å². The van der Waals surface area contributed by atoms with Gasteiger partial charge in [-0.3, -0.25) is 0 Å². The van der Waals surface area contributed by atoms with Crippen LogP contribution in [0.25, 0.3) is 0 Å². The molecule has 7 heteroatoms. The smallest absolute Gasteiger partial charge is 0.550 e. The standard InChI is InChI=1S/C21H30N2O2S2.Na/c1-21(2,3)16-8-6-15(7-9-16)18-14-27-20(22-18)23(11-10-19(24)25)13-17-5-4-12-26-17;/h4-5,12,14-16H,6-11,13H2,1-3H3,(H,24,25);/q;+1/p-1/t15-,16-;. The Morgan fingerprint density at radius 1 is 1.25 bits per heavy atom. The van der Waals surface area contributed by atoms with Gasteiger partial charge in [0.2, 0.25) is 0 Å². The first-order chi connectivity index (χ1) is 12.8. The van der Waals surface area contributed by atoms with Crippen LogP contribution in [0.5, 0.6) is 0 Å². The molecule has 28 heavy (non-hydrogen) atoms. The number of thiophene rings is 1. The van der Waals surface area contributed by atoms with E-state index in [2.05, 4.69) is 37.1 Å². The minimum absolute atomic E-state index is 0. The number of carboxylic acids is 1. The zero-order valence-electron chi connectivity index (χ0n) is 17.4. The normalized spacial score (nSPS) is 19.8. The first-order valence-electron chi connectivity index (χ1n) is 9.75. The maximum absolute atomic E-state index is 10.9. The van der Waals surface area contributed by atoms with E-state index in [1.807, 2.05) is 11.4 Å². The van der Waals surface area contributed by atoms with Crippen molar-refractivity contribution in [3.05, 3.63) is 33.5 Å². The Balaban J connectivity index is 0.00000280. The van der Waals surface area contributed by atoms with E-state index in [0.717, 1.165) is 11.0 Å². The third-order valence-corrected chi connectivity index (χ3v) is 7.44. The van der Waals surface area contributed by atoms with E-state index >= 15 is 0 Å². The van der Waals surface area contributed by atoms with Gasteiger partial charge in [-0.05, 0) is 48.5 Å². The van der Waals surface area contributed by atoms with Crippen molar-refractivity contribution < 1.29 is 39.5 Å². The summed E-state index contributed by atoms with van der Waals surface area (Å²) < 4.78 is 0. The minimum Gasteiger partial charge on any atom is -0.550 e. The van der Waals surface area contributed by atoms with Crippen LogP contribution in [0.4, 0.5) is 5.13 Å². The molecule has 0 radical (unpaired) electrons. The van der Waals surface area contributed by atoms with E-state index in [4.69, 9.17) is 4.98 Å². The minimum atomic E-state index is -1.01. The molecule has 1 aliphatic carbocycles. The first-order valence-corrected chi connectivity index (χ1v) is 11.5. The number of thiazole rings is 1. The summed E-state index contributed by atoms with van der Waals surface area (Å²) in [4.78, 5) is 19.2. The van der Waals surface area contributed by atoms with Crippen LogP contribution in [0.2, 0.25) is 0 Å². The molecule has 0 N–H and O–H groups in total. The van der Waals surface area contributed by atoms with Crippen molar-refractivity contribution >= 4 is 33.8 Å². The molecule has 0 aliphatic heterocycles. The summed E-state index contributed by atoms with van der Waals surface area (Å²) in [5.41, 5.74) is 1.58. The van der Waals surface area contributed by atoms with Crippen molar-refractivity contribution in [3.8, 4) is 0 Å². The van der Waals surface area contributed by atoms with Gasteiger partial charge in [0.1, 0.15) is 0 Å². The number of hydrogen-bond donors (Lipinski definition) is 0. The van der Waals surface area contributed by atoms with Crippen molar-refractivity contribution in [1.82, 2.24) is 4.98 Å². The van der Waals surface area contributed by atoms with Crippen molar-refractivity contribution in [1.29, 1.82) is 0 Å². The van der Waals surface area contributed by atoms with Crippen LogP contribution in [0.1, 0.15) is 69.4 Å². The van der Waals surface area contributed by atoms with Crippen LogP contribution in [0, 0.1) is 11.3 Å². The fraction of sp³-hybridized carbons (Fsp3) is 0.619. The van der Waals surface area contributed by atoms with Gasteiger partial charge in [-0.1, -0.05) is 26.8 Å². The van der Waals surface area contributed by atoms with E-state index in [1.165, 1.54) is 36.3 Å².